The number of hydrogen-bond acceptors (Lipinski definition) is 4. The third kappa shape index (κ3) is 4.92. The van der Waals surface area contributed by atoms with E-state index < -0.39 is 0 Å². The van der Waals surface area contributed by atoms with E-state index in [1.54, 1.807) is 24.2 Å². The molecule has 0 unspecified atom stereocenters. The van der Waals surface area contributed by atoms with Gasteiger partial charge in [0.25, 0.3) is 0 Å². The molecule has 2 N–H and O–H groups in total. The number of Topliss-reactive ketones (excluding diaryl/α,β-unsaturated/α-hetero) is 1. The first kappa shape index (κ1) is 21.2. The normalized spacial score (nSPS) is 10.6. The van der Waals surface area contributed by atoms with Gasteiger partial charge in [-0.3, -0.25) is 9.59 Å². The van der Waals surface area contributed by atoms with Crippen LogP contribution in [0.15, 0.2) is 60.8 Å². The lowest BCUT2D eigenvalue weighted by molar-refractivity contribution is -0.118. The van der Waals surface area contributed by atoms with Crippen LogP contribution in [0.25, 0.3) is 11.1 Å². The Balaban J connectivity index is 1.70. The van der Waals surface area contributed by atoms with Crippen molar-refractivity contribution in [3.05, 3.63) is 77.5 Å². The average molecular weight is 402 g/mol. The molecule has 3 aromatic rings. The van der Waals surface area contributed by atoms with Crippen molar-refractivity contribution in [3.8, 4) is 11.1 Å². The number of nitrogen functional groups attached to an aromatic ring is 1. The Kier molecular flexibility index (Phi) is 6.62. The van der Waals surface area contributed by atoms with E-state index in [-0.39, 0.29) is 11.7 Å². The number of nitrogens with two attached hydrogens (primary N) is 1. The smallest absolute Gasteiger partial charge is 0.226 e. The van der Waals surface area contributed by atoms with Crippen LogP contribution in [-0.4, -0.2) is 23.7 Å². The first-order chi connectivity index (χ1) is 14.4. The number of aromatic nitrogens is 1. The average Bonchev–Trinajstić information content (AvgIpc) is 2.77. The maximum Gasteiger partial charge on any atom is 0.226 e. The predicted octanol–water partition coefficient (Wildman–Crippen LogP) is 4.83. The minimum atomic E-state index is 0.0801. The van der Waals surface area contributed by atoms with Crippen LogP contribution in [-0.2, 0) is 11.2 Å². The summed E-state index contributed by atoms with van der Waals surface area (Å²) in [5.41, 5.74) is 11.4. The molecule has 0 saturated carbocycles. The molecule has 2 aromatic carbocycles. The van der Waals surface area contributed by atoms with Crippen LogP contribution in [0.1, 0.15) is 41.3 Å². The fourth-order valence-corrected chi connectivity index (χ4v) is 3.39. The number of hydrogen-bond donors (Lipinski definition) is 1. The van der Waals surface area contributed by atoms with Crippen LogP contribution >= 0.6 is 0 Å². The number of anilines is 2. The van der Waals surface area contributed by atoms with Gasteiger partial charge >= 0.3 is 0 Å². The first-order valence-electron chi connectivity index (χ1n) is 10.1. The Morgan fingerprint density at radius 1 is 1.03 bits per heavy atom. The van der Waals surface area contributed by atoms with Gasteiger partial charge in [-0.05, 0) is 59.9 Å². The zero-order valence-electron chi connectivity index (χ0n) is 17.7. The topological polar surface area (TPSA) is 76.3 Å². The number of ketones is 1. The zero-order valence-corrected chi connectivity index (χ0v) is 17.7. The summed E-state index contributed by atoms with van der Waals surface area (Å²) in [6.45, 7) is 3.86. The van der Waals surface area contributed by atoms with Gasteiger partial charge in [0.15, 0.2) is 5.78 Å². The molecule has 30 heavy (non-hydrogen) atoms. The van der Waals surface area contributed by atoms with E-state index in [0.717, 1.165) is 27.9 Å². The lowest BCUT2D eigenvalue weighted by Crippen LogP contribution is -2.24. The van der Waals surface area contributed by atoms with Crippen molar-refractivity contribution < 1.29 is 9.59 Å². The zero-order chi connectivity index (χ0) is 21.7. The van der Waals surface area contributed by atoms with E-state index >= 15 is 0 Å². The third-order valence-electron chi connectivity index (χ3n) is 5.28. The lowest BCUT2D eigenvalue weighted by Gasteiger charge is -2.17. The van der Waals surface area contributed by atoms with Crippen molar-refractivity contribution in [1.29, 1.82) is 0 Å². The summed E-state index contributed by atoms with van der Waals surface area (Å²) in [5.74, 6) is 0.668. The number of aryl methyl sites for hydroxylation is 2. The molecule has 5 heteroatoms. The second kappa shape index (κ2) is 9.35. The number of carbonyl (C=O) groups is 2. The minimum absolute atomic E-state index is 0.0801. The largest absolute Gasteiger partial charge is 0.384 e. The number of pyridine rings is 1. The predicted molar refractivity (Wildman–Crippen MR) is 122 cm³/mol. The number of rotatable bonds is 7. The van der Waals surface area contributed by atoms with Gasteiger partial charge in [0.05, 0.1) is 0 Å². The quantitative estimate of drug-likeness (QED) is 0.576. The van der Waals surface area contributed by atoms with Gasteiger partial charge in [-0.1, -0.05) is 37.3 Å². The summed E-state index contributed by atoms with van der Waals surface area (Å²) in [5, 5.41) is 0. The highest BCUT2D eigenvalue weighted by atomic mass is 16.2. The maximum atomic E-state index is 12.6. The molecule has 0 aliphatic carbocycles. The highest BCUT2D eigenvalue weighted by molar-refractivity contribution is 5.97. The van der Waals surface area contributed by atoms with Gasteiger partial charge in [-0.2, -0.15) is 0 Å². The summed E-state index contributed by atoms with van der Waals surface area (Å²) < 4.78 is 0. The van der Waals surface area contributed by atoms with E-state index in [1.165, 1.54) is 0 Å². The molecule has 0 spiro atoms. The summed E-state index contributed by atoms with van der Waals surface area (Å²) >= 11 is 0. The molecule has 1 amide bonds. The Bertz CT molecular complexity index is 1040. The van der Waals surface area contributed by atoms with Gasteiger partial charge in [0.1, 0.15) is 5.82 Å². The summed E-state index contributed by atoms with van der Waals surface area (Å²) in [4.78, 5) is 30.2. The standard InChI is InChI=1S/C25H27N3O2/c1-4-25(30)28(3)21-10-7-19(8-11-21)22-12-9-20(15-17(22)2)23(29)13-5-18-6-14-24(26)27-16-18/h6-12,14-16H,4-5,13H2,1-3H3,(H2,26,27). The molecule has 0 bridgehead atoms. The molecular weight excluding hydrogens is 374 g/mol. The summed E-state index contributed by atoms with van der Waals surface area (Å²) in [6, 6.07) is 17.4. The molecule has 154 valence electrons. The van der Waals surface area contributed by atoms with Crippen molar-refractivity contribution in [2.75, 3.05) is 17.7 Å². The molecule has 0 fully saturated rings. The number of carbonyl (C=O) groups excluding carboxylic acids is 2. The molecular formula is C25H27N3O2. The number of benzene rings is 2. The monoisotopic (exact) mass is 401 g/mol. The minimum Gasteiger partial charge on any atom is -0.384 e. The molecule has 1 aromatic heterocycles. The highest BCUT2D eigenvalue weighted by Gasteiger charge is 2.11. The molecule has 0 aliphatic rings. The van der Waals surface area contributed by atoms with Crippen molar-refractivity contribution in [2.45, 2.75) is 33.1 Å². The van der Waals surface area contributed by atoms with Crippen LogP contribution in [0, 0.1) is 6.92 Å². The van der Waals surface area contributed by atoms with Crippen molar-refractivity contribution in [3.63, 3.8) is 0 Å². The molecule has 5 nitrogen and oxygen atoms in total. The maximum absolute atomic E-state index is 12.6. The van der Waals surface area contributed by atoms with Crippen LogP contribution in [0.4, 0.5) is 11.5 Å². The van der Waals surface area contributed by atoms with Crippen molar-refractivity contribution >= 4 is 23.2 Å². The molecule has 0 radical (unpaired) electrons. The molecule has 3 rings (SSSR count). The van der Waals surface area contributed by atoms with Crippen molar-refractivity contribution in [2.24, 2.45) is 0 Å². The second-order valence-corrected chi connectivity index (χ2v) is 7.40. The molecule has 1 heterocycles. The Morgan fingerprint density at radius 2 is 1.77 bits per heavy atom. The molecule has 0 aliphatic heterocycles. The van der Waals surface area contributed by atoms with E-state index in [1.807, 2.05) is 62.4 Å². The van der Waals surface area contributed by atoms with Gasteiger partial charge in [0, 0.05) is 37.3 Å². The van der Waals surface area contributed by atoms with Crippen LogP contribution in [0.2, 0.25) is 0 Å². The summed E-state index contributed by atoms with van der Waals surface area (Å²) in [6.07, 6.45) is 3.25. The van der Waals surface area contributed by atoms with Crippen LogP contribution in [0.3, 0.4) is 0 Å². The highest BCUT2D eigenvalue weighted by Crippen LogP contribution is 2.27. The Hall–Kier alpha value is -3.47. The van der Waals surface area contributed by atoms with E-state index in [2.05, 4.69) is 4.98 Å². The Morgan fingerprint density at radius 3 is 2.37 bits per heavy atom. The van der Waals surface area contributed by atoms with Crippen LogP contribution in [0.5, 0.6) is 0 Å². The summed E-state index contributed by atoms with van der Waals surface area (Å²) in [7, 11) is 1.78. The fourth-order valence-electron chi connectivity index (χ4n) is 3.39. The number of nitrogens with zero attached hydrogens (tertiary/aromatic N) is 2. The van der Waals surface area contributed by atoms with Gasteiger partial charge in [-0.25, -0.2) is 4.98 Å². The van der Waals surface area contributed by atoms with E-state index in [4.69, 9.17) is 5.73 Å². The van der Waals surface area contributed by atoms with E-state index in [0.29, 0.717) is 30.6 Å². The molecule has 0 saturated heterocycles. The van der Waals surface area contributed by atoms with Gasteiger partial charge < -0.3 is 10.6 Å². The van der Waals surface area contributed by atoms with Crippen molar-refractivity contribution in [1.82, 2.24) is 4.98 Å². The lowest BCUT2D eigenvalue weighted by atomic mass is 9.95. The molecule has 0 atom stereocenters. The van der Waals surface area contributed by atoms with E-state index in [9.17, 15) is 9.59 Å². The SMILES string of the molecule is CCC(=O)N(C)c1ccc(-c2ccc(C(=O)CCc3ccc(N)nc3)cc2C)cc1. The Labute approximate surface area is 177 Å². The van der Waals surface area contributed by atoms with Crippen LogP contribution < -0.4 is 10.6 Å². The third-order valence-corrected chi connectivity index (χ3v) is 5.28. The first-order valence-corrected chi connectivity index (χ1v) is 10.1. The fraction of sp³-hybridized carbons (Fsp3) is 0.240. The van der Waals surface area contributed by atoms with Gasteiger partial charge in [0.2, 0.25) is 5.91 Å². The second-order valence-electron chi connectivity index (χ2n) is 7.40. The number of amides is 1. The van der Waals surface area contributed by atoms with Gasteiger partial charge in [-0.15, -0.1) is 0 Å².